The van der Waals surface area contributed by atoms with E-state index in [9.17, 15) is 8.42 Å². The zero-order valence-corrected chi connectivity index (χ0v) is 9.62. The number of nitrogens with zero attached hydrogens (tertiary/aromatic N) is 1. The number of halogens is 1. The smallest absolute Gasteiger partial charge is 0.207 e. The van der Waals surface area contributed by atoms with Gasteiger partial charge in [-0.1, -0.05) is 0 Å². The van der Waals surface area contributed by atoms with Crippen molar-refractivity contribution in [2.45, 2.75) is 16.7 Å². The average Bonchev–Trinajstić information content (AvgIpc) is 2.07. The topological polar surface area (TPSA) is 57.9 Å². The van der Waals surface area contributed by atoms with E-state index < -0.39 is 9.05 Å². The molecular weight excluding hydrogens is 242 g/mol. The normalized spacial score (nSPS) is 11.0. The Morgan fingerprint density at radius 1 is 1.50 bits per heavy atom. The average molecular weight is 248 g/mol. The molecule has 0 unspecified atom stereocenters. The first kappa shape index (κ1) is 11.4. The highest BCUT2D eigenvalue weighted by atomic mass is 35.7. The van der Waals surface area contributed by atoms with Crippen LogP contribution in [0.4, 0.5) is 0 Å². The molecule has 0 saturated heterocycles. The summed E-state index contributed by atoms with van der Waals surface area (Å²) < 4.78 is 22.3. The Balaban J connectivity index is 3.72. The molecule has 0 aliphatic carbocycles. The van der Waals surface area contributed by atoms with E-state index >= 15 is 0 Å². The molecule has 6 heteroatoms. The van der Waals surface area contributed by atoms with Crippen molar-refractivity contribution in [3.8, 4) is 6.07 Å². The zero-order chi connectivity index (χ0) is 10.9. The molecule has 3 nitrogen and oxygen atoms in total. The maximum absolute atomic E-state index is 11.2. The van der Waals surface area contributed by atoms with Gasteiger partial charge in [-0.3, -0.25) is 0 Å². The molecule has 0 amide bonds. The Labute approximate surface area is 92.1 Å². The van der Waals surface area contributed by atoms with Crippen LogP contribution in [0.25, 0.3) is 0 Å². The summed E-state index contributed by atoms with van der Waals surface area (Å²) in [5, 5.41) is 8.70. The monoisotopic (exact) mass is 247 g/mol. The largest absolute Gasteiger partial charge is 0.262 e. The van der Waals surface area contributed by atoms with Crippen molar-refractivity contribution in [3.05, 3.63) is 23.3 Å². The second-order valence-corrected chi connectivity index (χ2v) is 5.62. The van der Waals surface area contributed by atoms with Crippen LogP contribution in [-0.2, 0) is 9.05 Å². The highest BCUT2D eigenvalue weighted by Crippen LogP contribution is 2.27. The number of hydrogen-bond acceptors (Lipinski definition) is 4. The number of benzene rings is 1. The van der Waals surface area contributed by atoms with Crippen molar-refractivity contribution < 1.29 is 8.42 Å². The van der Waals surface area contributed by atoms with E-state index in [1.54, 1.807) is 19.1 Å². The van der Waals surface area contributed by atoms with E-state index in [0.717, 1.165) is 0 Å². The minimum absolute atomic E-state index is 0.0373. The van der Waals surface area contributed by atoms with E-state index in [1.807, 2.05) is 0 Å². The molecule has 0 aliphatic rings. The molecule has 0 aliphatic heterocycles. The van der Waals surface area contributed by atoms with Gasteiger partial charge in [-0.05, 0) is 24.6 Å². The number of rotatable bonds is 1. The van der Waals surface area contributed by atoms with Crippen molar-refractivity contribution in [2.24, 2.45) is 0 Å². The van der Waals surface area contributed by atoms with Crippen LogP contribution >= 0.6 is 23.3 Å². The fourth-order valence-electron chi connectivity index (χ4n) is 1.08. The lowest BCUT2D eigenvalue weighted by atomic mass is 10.1. The Kier molecular flexibility index (Phi) is 3.10. The number of hydrogen-bond donors (Lipinski definition) is 1. The van der Waals surface area contributed by atoms with Crippen LogP contribution in [0, 0.1) is 18.3 Å². The molecule has 0 saturated carbocycles. The lowest BCUT2D eigenvalue weighted by Gasteiger charge is -2.06. The SMILES string of the molecule is Cc1c(S)ccc(C#N)c1S(=O)(=O)Cl. The van der Waals surface area contributed by atoms with Gasteiger partial charge in [-0.15, -0.1) is 12.6 Å². The summed E-state index contributed by atoms with van der Waals surface area (Å²) in [5.41, 5.74) is 0.428. The molecule has 0 heterocycles. The molecule has 0 radical (unpaired) electrons. The first-order chi connectivity index (χ1) is 6.38. The summed E-state index contributed by atoms with van der Waals surface area (Å²) in [6.45, 7) is 1.55. The van der Waals surface area contributed by atoms with Crippen LogP contribution < -0.4 is 0 Å². The highest BCUT2D eigenvalue weighted by Gasteiger charge is 2.19. The second-order valence-electron chi connectivity index (χ2n) is 2.64. The molecule has 1 aromatic carbocycles. The van der Waals surface area contributed by atoms with Crippen molar-refractivity contribution in [2.75, 3.05) is 0 Å². The van der Waals surface area contributed by atoms with Crippen LogP contribution in [0.3, 0.4) is 0 Å². The lowest BCUT2D eigenvalue weighted by molar-refractivity contribution is 0.608. The Morgan fingerprint density at radius 3 is 2.50 bits per heavy atom. The van der Waals surface area contributed by atoms with Crippen molar-refractivity contribution in [1.29, 1.82) is 5.26 Å². The van der Waals surface area contributed by atoms with Gasteiger partial charge < -0.3 is 0 Å². The maximum atomic E-state index is 11.2. The molecular formula is C8H6ClNO2S2. The first-order valence-corrected chi connectivity index (χ1v) is 6.31. The predicted molar refractivity (Wildman–Crippen MR) is 56.2 cm³/mol. The van der Waals surface area contributed by atoms with Crippen LogP contribution in [0.5, 0.6) is 0 Å². The Morgan fingerprint density at radius 2 is 2.07 bits per heavy atom. The minimum atomic E-state index is -3.90. The molecule has 0 fully saturated rings. The Hall–Kier alpha value is -0.700. The third-order valence-corrected chi connectivity index (χ3v) is 3.70. The number of nitriles is 1. The lowest BCUT2D eigenvalue weighted by Crippen LogP contribution is -1.99. The summed E-state index contributed by atoms with van der Waals surface area (Å²) in [7, 11) is 1.31. The van der Waals surface area contributed by atoms with E-state index in [4.69, 9.17) is 15.9 Å². The molecule has 0 bridgehead atoms. The predicted octanol–water partition coefficient (Wildman–Crippen LogP) is 2.08. The van der Waals surface area contributed by atoms with E-state index in [-0.39, 0.29) is 10.5 Å². The maximum Gasteiger partial charge on any atom is 0.262 e. The molecule has 0 atom stereocenters. The molecule has 1 aromatic rings. The quantitative estimate of drug-likeness (QED) is 0.611. The zero-order valence-electron chi connectivity index (χ0n) is 7.15. The molecule has 0 spiro atoms. The van der Waals surface area contributed by atoms with Crippen LogP contribution in [0.2, 0.25) is 0 Å². The molecule has 14 heavy (non-hydrogen) atoms. The van der Waals surface area contributed by atoms with Crippen LogP contribution in [-0.4, -0.2) is 8.42 Å². The minimum Gasteiger partial charge on any atom is -0.207 e. The van der Waals surface area contributed by atoms with Crippen molar-refractivity contribution in [3.63, 3.8) is 0 Å². The van der Waals surface area contributed by atoms with E-state index in [0.29, 0.717) is 10.5 Å². The first-order valence-electron chi connectivity index (χ1n) is 3.55. The summed E-state index contributed by atoms with van der Waals surface area (Å²) in [6, 6.07) is 4.71. The van der Waals surface area contributed by atoms with Gasteiger partial charge in [0.05, 0.1) is 5.56 Å². The van der Waals surface area contributed by atoms with Gasteiger partial charge in [0.2, 0.25) is 0 Å². The van der Waals surface area contributed by atoms with Gasteiger partial charge in [0, 0.05) is 15.6 Å². The van der Waals surface area contributed by atoms with Crippen LogP contribution in [0.15, 0.2) is 21.9 Å². The van der Waals surface area contributed by atoms with E-state index in [2.05, 4.69) is 12.6 Å². The molecule has 1 rings (SSSR count). The van der Waals surface area contributed by atoms with Crippen molar-refractivity contribution in [1.82, 2.24) is 0 Å². The number of thiol groups is 1. The standard InChI is InChI=1S/C8H6ClNO2S2/c1-5-7(13)3-2-6(4-10)8(5)14(9,11)12/h2-3,13H,1H3. The summed E-state index contributed by atoms with van der Waals surface area (Å²) in [6.07, 6.45) is 0. The summed E-state index contributed by atoms with van der Waals surface area (Å²) >= 11 is 4.05. The fraction of sp³-hybridized carbons (Fsp3) is 0.125. The summed E-state index contributed by atoms with van der Waals surface area (Å²) in [5.74, 6) is 0. The van der Waals surface area contributed by atoms with Gasteiger partial charge in [-0.25, -0.2) is 8.42 Å². The molecule has 74 valence electrons. The molecule has 0 N–H and O–H groups in total. The van der Waals surface area contributed by atoms with Crippen molar-refractivity contribution >= 4 is 32.4 Å². The Bertz CT molecular complexity index is 517. The summed E-state index contributed by atoms with van der Waals surface area (Å²) in [4.78, 5) is 0.331. The van der Waals surface area contributed by atoms with Gasteiger partial charge in [0.25, 0.3) is 9.05 Å². The third kappa shape index (κ3) is 2.03. The van der Waals surface area contributed by atoms with Gasteiger partial charge >= 0.3 is 0 Å². The van der Waals surface area contributed by atoms with Gasteiger partial charge in [0.1, 0.15) is 11.0 Å². The molecule has 0 aromatic heterocycles. The van der Waals surface area contributed by atoms with E-state index in [1.165, 1.54) is 6.07 Å². The van der Waals surface area contributed by atoms with Crippen LogP contribution in [0.1, 0.15) is 11.1 Å². The highest BCUT2D eigenvalue weighted by molar-refractivity contribution is 8.13. The van der Waals surface area contributed by atoms with Gasteiger partial charge in [0.15, 0.2) is 0 Å². The second kappa shape index (κ2) is 3.81. The van der Waals surface area contributed by atoms with Gasteiger partial charge in [-0.2, -0.15) is 5.26 Å². The fourth-order valence-corrected chi connectivity index (χ4v) is 2.79. The third-order valence-electron chi connectivity index (χ3n) is 1.74.